The minimum absolute atomic E-state index is 0.439. The van der Waals surface area contributed by atoms with Gasteiger partial charge in [-0.25, -0.2) is 0 Å². The third kappa shape index (κ3) is 3.73. The first-order valence-corrected chi connectivity index (χ1v) is 4.94. The van der Waals surface area contributed by atoms with Gasteiger partial charge in [-0.1, -0.05) is 11.8 Å². The Morgan fingerprint density at radius 2 is 1.73 bits per heavy atom. The van der Waals surface area contributed by atoms with Gasteiger partial charge in [-0.15, -0.1) is 0 Å². The molecule has 1 unspecified atom stereocenters. The molecule has 1 aromatic rings. The summed E-state index contributed by atoms with van der Waals surface area (Å²) in [6.07, 6.45) is -4.35. The Labute approximate surface area is 88.7 Å². The molecular formula is C9H9F3O2S. The fourth-order valence-corrected chi connectivity index (χ4v) is 1.60. The van der Waals surface area contributed by atoms with E-state index in [0.29, 0.717) is 4.90 Å². The summed E-state index contributed by atoms with van der Waals surface area (Å²) in [5, 5.41) is 17.6. The van der Waals surface area contributed by atoms with E-state index in [2.05, 4.69) is 0 Å². The first kappa shape index (κ1) is 12.4. The van der Waals surface area contributed by atoms with Gasteiger partial charge in [0.1, 0.15) is 5.44 Å². The number of benzene rings is 1. The molecule has 2 N–H and O–H groups in total. The molecule has 0 saturated carbocycles. The predicted molar refractivity (Wildman–Crippen MR) is 50.4 cm³/mol. The summed E-state index contributed by atoms with van der Waals surface area (Å²) < 4.78 is 36.5. The third-order valence-electron chi connectivity index (χ3n) is 1.61. The second-order valence-electron chi connectivity index (χ2n) is 2.78. The average molecular weight is 238 g/mol. The Bertz CT molecular complexity index is 310. The Balaban J connectivity index is 2.73. The van der Waals surface area contributed by atoms with Crippen molar-refractivity contribution < 1.29 is 23.4 Å². The van der Waals surface area contributed by atoms with Crippen molar-refractivity contribution >= 4 is 11.8 Å². The van der Waals surface area contributed by atoms with Crippen LogP contribution < -0.4 is 0 Å². The molecule has 1 atom stereocenters. The van der Waals surface area contributed by atoms with Crippen LogP contribution in [0.4, 0.5) is 13.2 Å². The van der Waals surface area contributed by atoms with Gasteiger partial charge in [0, 0.05) is 4.90 Å². The lowest BCUT2D eigenvalue weighted by Crippen LogP contribution is -2.06. The van der Waals surface area contributed by atoms with Crippen molar-refractivity contribution in [1.29, 1.82) is 0 Å². The van der Waals surface area contributed by atoms with E-state index in [0.717, 1.165) is 23.9 Å². The van der Waals surface area contributed by atoms with E-state index >= 15 is 0 Å². The van der Waals surface area contributed by atoms with Crippen molar-refractivity contribution in [3.8, 4) is 0 Å². The van der Waals surface area contributed by atoms with Crippen LogP contribution in [0.5, 0.6) is 0 Å². The second-order valence-corrected chi connectivity index (χ2v) is 4.03. The molecule has 0 bridgehead atoms. The molecule has 0 radical (unpaired) electrons. The van der Waals surface area contributed by atoms with Crippen molar-refractivity contribution in [2.24, 2.45) is 0 Å². The smallest absolute Gasteiger partial charge is 0.393 e. The number of aliphatic hydroxyl groups is 2. The van der Waals surface area contributed by atoms with Crippen LogP contribution in [0, 0.1) is 0 Å². The van der Waals surface area contributed by atoms with Gasteiger partial charge in [0.2, 0.25) is 0 Å². The van der Waals surface area contributed by atoms with Gasteiger partial charge in [-0.05, 0) is 24.3 Å². The number of halogens is 3. The van der Waals surface area contributed by atoms with E-state index in [1.54, 1.807) is 0 Å². The maximum atomic E-state index is 12.2. The lowest BCUT2D eigenvalue weighted by Gasteiger charge is -2.09. The highest BCUT2D eigenvalue weighted by Gasteiger charge is 2.29. The Morgan fingerprint density at radius 1 is 1.20 bits per heavy atom. The molecule has 0 saturated heterocycles. The van der Waals surface area contributed by atoms with Gasteiger partial charge in [-0.3, -0.25) is 0 Å². The largest absolute Gasteiger partial charge is 0.416 e. The SMILES string of the molecule is OCC(O)Sc1ccc(C(F)(F)F)cc1. The van der Waals surface area contributed by atoms with Crippen molar-refractivity contribution in [3.05, 3.63) is 29.8 Å². The quantitative estimate of drug-likeness (QED) is 0.626. The number of alkyl halides is 3. The first-order chi connectivity index (χ1) is 6.93. The molecule has 1 rings (SSSR count). The third-order valence-corrected chi connectivity index (χ3v) is 2.58. The molecule has 6 heteroatoms. The molecule has 84 valence electrons. The van der Waals surface area contributed by atoms with E-state index in [9.17, 15) is 13.2 Å². The van der Waals surface area contributed by atoms with Gasteiger partial charge in [0.25, 0.3) is 0 Å². The van der Waals surface area contributed by atoms with Crippen LogP contribution in [0.25, 0.3) is 0 Å². The topological polar surface area (TPSA) is 40.5 Å². The number of hydrogen-bond donors (Lipinski definition) is 2. The summed E-state index contributed by atoms with van der Waals surface area (Å²) >= 11 is 0.901. The summed E-state index contributed by atoms with van der Waals surface area (Å²) in [5.41, 5.74) is -1.74. The fraction of sp³-hybridized carbons (Fsp3) is 0.333. The molecule has 0 aliphatic rings. The number of thioether (sulfide) groups is 1. The predicted octanol–water partition coefficient (Wildman–Crippen LogP) is 2.11. The van der Waals surface area contributed by atoms with Crippen LogP contribution in [0.1, 0.15) is 5.56 Å². The van der Waals surface area contributed by atoms with E-state index in [1.165, 1.54) is 12.1 Å². The molecule has 0 aliphatic heterocycles. The van der Waals surface area contributed by atoms with E-state index in [-0.39, 0.29) is 0 Å². The Kier molecular flexibility index (Phi) is 4.01. The van der Waals surface area contributed by atoms with Gasteiger partial charge < -0.3 is 10.2 Å². The van der Waals surface area contributed by atoms with Gasteiger partial charge in [0.15, 0.2) is 0 Å². The molecular weight excluding hydrogens is 229 g/mol. The van der Waals surface area contributed by atoms with Crippen LogP contribution >= 0.6 is 11.8 Å². The average Bonchev–Trinajstić information content (AvgIpc) is 2.17. The minimum atomic E-state index is -4.35. The zero-order valence-electron chi connectivity index (χ0n) is 7.53. The standard InChI is InChI=1S/C9H9F3O2S/c10-9(11,12)6-1-3-7(4-2-6)15-8(14)5-13/h1-4,8,13-14H,5H2. The van der Waals surface area contributed by atoms with Gasteiger partial charge in [-0.2, -0.15) is 13.2 Å². The molecule has 0 heterocycles. The molecule has 0 aromatic heterocycles. The molecule has 1 aromatic carbocycles. The minimum Gasteiger partial charge on any atom is -0.393 e. The Hall–Kier alpha value is -0.720. The maximum absolute atomic E-state index is 12.2. The van der Waals surface area contributed by atoms with Gasteiger partial charge in [0.05, 0.1) is 12.2 Å². The number of rotatable bonds is 3. The number of hydrogen-bond acceptors (Lipinski definition) is 3. The fourth-order valence-electron chi connectivity index (χ4n) is 0.917. The lowest BCUT2D eigenvalue weighted by molar-refractivity contribution is -0.137. The maximum Gasteiger partial charge on any atom is 0.416 e. The number of aliphatic hydroxyl groups excluding tert-OH is 2. The van der Waals surface area contributed by atoms with Crippen LogP contribution in [0.15, 0.2) is 29.2 Å². The monoisotopic (exact) mass is 238 g/mol. The molecule has 0 amide bonds. The lowest BCUT2D eigenvalue weighted by atomic mass is 10.2. The van der Waals surface area contributed by atoms with Crippen LogP contribution in [-0.2, 0) is 6.18 Å². The van der Waals surface area contributed by atoms with E-state index < -0.39 is 23.8 Å². The Morgan fingerprint density at radius 3 is 2.13 bits per heavy atom. The molecule has 0 fully saturated rings. The van der Waals surface area contributed by atoms with Crippen molar-refractivity contribution in [2.45, 2.75) is 16.5 Å². The summed E-state index contributed by atoms with van der Waals surface area (Å²) in [7, 11) is 0. The molecule has 15 heavy (non-hydrogen) atoms. The van der Waals surface area contributed by atoms with Crippen molar-refractivity contribution in [2.75, 3.05) is 6.61 Å². The van der Waals surface area contributed by atoms with E-state index in [1.807, 2.05) is 0 Å². The zero-order chi connectivity index (χ0) is 11.5. The summed E-state index contributed by atoms with van der Waals surface area (Å²) in [6, 6.07) is 4.39. The van der Waals surface area contributed by atoms with Crippen molar-refractivity contribution in [3.63, 3.8) is 0 Å². The highest BCUT2D eigenvalue weighted by molar-refractivity contribution is 7.99. The second kappa shape index (κ2) is 4.87. The first-order valence-electron chi connectivity index (χ1n) is 4.06. The van der Waals surface area contributed by atoms with Crippen LogP contribution in [-0.4, -0.2) is 22.3 Å². The van der Waals surface area contributed by atoms with Gasteiger partial charge >= 0.3 is 6.18 Å². The summed E-state index contributed by atoms with van der Waals surface area (Å²) in [6.45, 7) is -0.439. The zero-order valence-corrected chi connectivity index (χ0v) is 8.35. The molecule has 0 spiro atoms. The summed E-state index contributed by atoms with van der Waals surface area (Å²) in [5.74, 6) is 0. The van der Waals surface area contributed by atoms with E-state index in [4.69, 9.17) is 10.2 Å². The molecule has 2 nitrogen and oxygen atoms in total. The van der Waals surface area contributed by atoms with Crippen LogP contribution in [0.3, 0.4) is 0 Å². The normalized spacial score (nSPS) is 13.9. The highest BCUT2D eigenvalue weighted by Crippen LogP contribution is 2.31. The highest BCUT2D eigenvalue weighted by atomic mass is 32.2. The summed E-state index contributed by atoms with van der Waals surface area (Å²) in [4.78, 5) is 0.476. The van der Waals surface area contributed by atoms with Crippen molar-refractivity contribution in [1.82, 2.24) is 0 Å². The molecule has 0 aliphatic carbocycles. The van der Waals surface area contributed by atoms with Crippen LogP contribution in [0.2, 0.25) is 0 Å².